The molecule has 0 spiro atoms. The van der Waals surface area contributed by atoms with Crippen LogP contribution in [0.2, 0.25) is 5.02 Å². The van der Waals surface area contributed by atoms with E-state index < -0.39 is 0 Å². The third kappa shape index (κ3) is 6.27. The molecule has 2 nitrogen and oxygen atoms in total. The number of hydrogen-bond acceptors (Lipinski definition) is 2. The molecule has 0 amide bonds. The number of benzene rings is 2. The van der Waals surface area contributed by atoms with E-state index in [4.69, 9.17) is 11.6 Å². The molecule has 0 saturated carbocycles. The number of nitrogens with one attached hydrogen (secondary N) is 1. The monoisotopic (exact) mass is 386 g/mol. The lowest BCUT2D eigenvalue weighted by atomic mass is 10.0. The molecule has 0 radical (unpaired) electrons. The highest BCUT2D eigenvalue weighted by Crippen LogP contribution is 2.17. The van der Waals surface area contributed by atoms with E-state index in [1.54, 1.807) is 0 Å². The zero-order valence-electron chi connectivity index (χ0n) is 13.7. The largest absolute Gasteiger partial charge is 0.310 e. The van der Waals surface area contributed by atoms with E-state index in [0.29, 0.717) is 6.04 Å². The molecule has 3 rings (SSSR count). The summed E-state index contributed by atoms with van der Waals surface area (Å²) in [6, 6.07) is 19.4. The molecular formula is C19H25Cl3N2. The predicted molar refractivity (Wildman–Crippen MR) is 108 cm³/mol. The van der Waals surface area contributed by atoms with Crippen LogP contribution in [0.5, 0.6) is 0 Å². The van der Waals surface area contributed by atoms with Gasteiger partial charge in [0.15, 0.2) is 0 Å². The quantitative estimate of drug-likeness (QED) is 0.782. The summed E-state index contributed by atoms with van der Waals surface area (Å²) < 4.78 is 0. The average Bonchev–Trinajstić information content (AvgIpc) is 2.56. The van der Waals surface area contributed by atoms with Crippen LogP contribution < -0.4 is 5.32 Å². The fourth-order valence-corrected chi connectivity index (χ4v) is 3.24. The van der Waals surface area contributed by atoms with Gasteiger partial charge in [0.25, 0.3) is 0 Å². The standard InChI is InChI=1S/C19H23ClN2.2ClH/c20-19-9-5-4-8-17(19)14-21-18-10-12-22(13-11-18)15-16-6-2-1-3-7-16;;/h1-9,18,21H,10-15H2;2*1H. The first-order valence-electron chi connectivity index (χ1n) is 8.04. The number of halogens is 3. The number of rotatable bonds is 5. The Kier molecular flexibility index (Phi) is 9.72. The van der Waals surface area contributed by atoms with E-state index >= 15 is 0 Å². The van der Waals surface area contributed by atoms with Crippen LogP contribution in [0, 0.1) is 0 Å². The van der Waals surface area contributed by atoms with Gasteiger partial charge in [0, 0.05) is 24.2 Å². The molecule has 1 N–H and O–H groups in total. The molecule has 5 heteroatoms. The van der Waals surface area contributed by atoms with Crippen LogP contribution in [0.15, 0.2) is 54.6 Å². The van der Waals surface area contributed by atoms with E-state index in [9.17, 15) is 0 Å². The maximum absolute atomic E-state index is 6.21. The van der Waals surface area contributed by atoms with Crippen molar-refractivity contribution in [3.63, 3.8) is 0 Å². The molecule has 132 valence electrons. The highest BCUT2D eigenvalue weighted by atomic mass is 35.5. The summed E-state index contributed by atoms with van der Waals surface area (Å²) >= 11 is 6.21. The Morgan fingerprint density at radius 3 is 2.21 bits per heavy atom. The van der Waals surface area contributed by atoms with Gasteiger partial charge in [0.2, 0.25) is 0 Å². The summed E-state index contributed by atoms with van der Waals surface area (Å²) in [5.74, 6) is 0. The first-order valence-corrected chi connectivity index (χ1v) is 8.42. The van der Waals surface area contributed by atoms with Crippen LogP contribution in [0.4, 0.5) is 0 Å². The SMILES string of the molecule is Cl.Cl.Clc1ccccc1CNC1CCN(Cc2ccccc2)CC1. The second-order valence-corrected chi connectivity index (χ2v) is 6.42. The third-order valence-corrected chi connectivity index (χ3v) is 4.74. The zero-order valence-corrected chi connectivity index (χ0v) is 16.0. The van der Waals surface area contributed by atoms with Gasteiger partial charge in [0.05, 0.1) is 0 Å². The fraction of sp³-hybridized carbons (Fsp3) is 0.368. The van der Waals surface area contributed by atoms with E-state index in [-0.39, 0.29) is 24.8 Å². The van der Waals surface area contributed by atoms with Crippen molar-refractivity contribution in [3.05, 3.63) is 70.7 Å². The van der Waals surface area contributed by atoms with Crippen LogP contribution in [0.3, 0.4) is 0 Å². The molecule has 1 fully saturated rings. The second kappa shape index (κ2) is 11.0. The maximum atomic E-state index is 6.21. The van der Waals surface area contributed by atoms with Gasteiger partial charge in [-0.15, -0.1) is 24.8 Å². The number of hydrogen-bond donors (Lipinski definition) is 1. The molecule has 1 aliphatic heterocycles. The van der Waals surface area contributed by atoms with Gasteiger partial charge >= 0.3 is 0 Å². The van der Waals surface area contributed by atoms with E-state index in [0.717, 1.165) is 31.2 Å². The van der Waals surface area contributed by atoms with Gasteiger partial charge in [-0.2, -0.15) is 0 Å². The third-order valence-electron chi connectivity index (χ3n) is 4.38. The van der Waals surface area contributed by atoms with Crippen molar-refractivity contribution in [2.45, 2.75) is 32.0 Å². The topological polar surface area (TPSA) is 15.3 Å². The lowest BCUT2D eigenvalue weighted by Gasteiger charge is -2.32. The van der Waals surface area contributed by atoms with Crippen molar-refractivity contribution >= 4 is 36.4 Å². The van der Waals surface area contributed by atoms with Crippen LogP contribution in [-0.2, 0) is 13.1 Å². The molecule has 0 bridgehead atoms. The zero-order chi connectivity index (χ0) is 15.2. The Balaban J connectivity index is 0.00000144. The first kappa shape index (κ1) is 21.3. The van der Waals surface area contributed by atoms with Crippen LogP contribution in [0.25, 0.3) is 0 Å². The smallest absolute Gasteiger partial charge is 0.0450 e. The van der Waals surface area contributed by atoms with Gasteiger partial charge in [-0.1, -0.05) is 60.1 Å². The molecular weight excluding hydrogens is 363 g/mol. The number of piperidine rings is 1. The lowest BCUT2D eigenvalue weighted by molar-refractivity contribution is 0.190. The summed E-state index contributed by atoms with van der Waals surface area (Å²) in [5.41, 5.74) is 2.60. The van der Waals surface area contributed by atoms with E-state index in [2.05, 4.69) is 46.6 Å². The van der Waals surface area contributed by atoms with Gasteiger partial charge in [0.1, 0.15) is 0 Å². The Morgan fingerprint density at radius 2 is 1.54 bits per heavy atom. The molecule has 0 atom stereocenters. The average molecular weight is 388 g/mol. The molecule has 1 heterocycles. The Morgan fingerprint density at radius 1 is 0.917 bits per heavy atom. The van der Waals surface area contributed by atoms with Crippen molar-refractivity contribution < 1.29 is 0 Å². The summed E-state index contributed by atoms with van der Waals surface area (Å²) in [6.07, 6.45) is 2.41. The van der Waals surface area contributed by atoms with Crippen LogP contribution >= 0.6 is 36.4 Å². The van der Waals surface area contributed by atoms with Crippen LogP contribution in [0.1, 0.15) is 24.0 Å². The molecule has 1 aliphatic rings. The summed E-state index contributed by atoms with van der Waals surface area (Å²) in [6.45, 7) is 4.26. The summed E-state index contributed by atoms with van der Waals surface area (Å²) in [7, 11) is 0. The van der Waals surface area contributed by atoms with Gasteiger partial charge < -0.3 is 5.32 Å². The minimum atomic E-state index is 0. The summed E-state index contributed by atoms with van der Waals surface area (Å²) in [5, 5.41) is 4.51. The molecule has 24 heavy (non-hydrogen) atoms. The Hall–Kier alpha value is -0.770. The molecule has 1 saturated heterocycles. The van der Waals surface area contributed by atoms with Crippen molar-refractivity contribution in [2.24, 2.45) is 0 Å². The molecule has 2 aromatic carbocycles. The van der Waals surface area contributed by atoms with Crippen molar-refractivity contribution in [3.8, 4) is 0 Å². The molecule has 0 unspecified atom stereocenters. The van der Waals surface area contributed by atoms with E-state index in [1.165, 1.54) is 24.0 Å². The van der Waals surface area contributed by atoms with Gasteiger partial charge in [-0.25, -0.2) is 0 Å². The Bertz CT molecular complexity index is 584. The highest BCUT2D eigenvalue weighted by Gasteiger charge is 2.18. The van der Waals surface area contributed by atoms with Crippen LogP contribution in [-0.4, -0.2) is 24.0 Å². The highest BCUT2D eigenvalue weighted by molar-refractivity contribution is 6.31. The predicted octanol–water partition coefficient (Wildman–Crippen LogP) is 4.94. The molecule has 2 aromatic rings. The number of likely N-dealkylation sites (tertiary alicyclic amines) is 1. The Labute approximate surface area is 162 Å². The number of nitrogens with zero attached hydrogens (tertiary/aromatic N) is 1. The fourth-order valence-electron chi connectivity index (χ4n) is 3.03. The molecule has 0 aromatic heterocycles. The second-order valence-electron chi connectivity index (χ2n) is 6.01. The van der Waals surface area contributed by atoms with Crippen molar-refractivity contribution in [1.29, 1.82) is 0 Å². The van der Waals surface area contributed by atoms with Crippen molar-refractivity contribution in [1.82, 2.24) is 10.2 Å². The van der Waals surface area contributed by atoms with Gasteiger partial charge in [-0.05, 0) is 43.1 Å². The molecule has 0 aliphatic carbocycles. The minimum absolute atomic E-state index is 0. The van der Waals surface area contributed by atoms with Crippen molar-refractivity contribution in [2.75, 3.05) is 13.1 Å². The summed E-state index contributed by atoms with van der Waals surface area (Å²) in [4.78, 5) is 2.54. The first-order chi connectivity index (χ1) is 10.8. The van der Waals surface area contributed by atoms with E-state index in [1.807, 2.05) is 18.2 Å². The lowest BCUT2D eigenvalue weighted by Crippen LogP contribution is -2.41. The van der Waals surface area contributed by atoms with Gasteiger partial charge in [-0.3, -0.25) is 4.90 Å². The maximum Gasteiger partial charge on any atom is 0.0450 e. The normalized spacial score (nSPS) is 15.4. The minimum Gasteiger partial charge on any atom is -0.310 e.